The van der Waals surface area contributed by atoms with Gasteiger partial charge in [-0.15, -0.1) is 22.9 Å². The highest BCUT2D eigenvalue weighted by molar-refractivity contribution is 7.91. The van der Waals surface area contributed by atoms with Crippen molar-refractivity contribution in [3.63, 3.8) is 0 Å². The Morgan fingerprint density at radius 3 is 2.56 bits per heavy atom. The van der Waals surface area contributed by atoms with Gasteiger partial charge < -0.3 is 0 Å². The van der Waals surface area contributed by atoms with Crippen LogP contribution in [0.5, 0.6) is 0 Å². The van der Waals surface area contributed by atoms with Gasteiger partial charge in [0.15, 0.2) is 0 Å². The number of aryl methyl sites for hydroxylation is 1. The number of halogens is 1. The van der Waals surface area contributed by atoms with Crippen molar-refractivity contribution in [3.05, 3.63) is 17.0 Å². The van der Waals surface area contributed by atoms with Gasteiger partial charge in [0, 0.05) is 17.3 Å². The Bertz CT molecular complexity index is 480. The fourth-order valence-electron chi connectivity index (χ4n) is 1.40. The minimum atomic E-state index is -3.38. The summed E-state index contributed by atoms with van der Waals surface area (Å²) in [6.07, 6.45) is 1.64. The summed E-state index contributed by atoms with van der Waals surface area (Å²) in [5.41, 5.74) is -0.125. The number of hydrogen-bond acceptors (Lipinski definition) is 3. The molecule has 0 saturated heterocycles. The third-order valence-electron chi connectivity index (χ3n) is 2.76. The van der Waals surface area contributed by atoms with Crippen LogP contribution in [0.3, 0.4) is 0 Å². The molecule has 18 heavy (non-hydrogen) atoms. The van der Waals surface area contributed by atoms with Gasteiger partial charge in [0.05, 0.1) is 0 Å². The standard InChI is InChI=1S/C12H20ClNO2S2/c1-4-10-5-6-11(17-10)18(15,16)14-9-12(2,3)7-8-13/h5-6,14H,4,7-9H2,1-3H3. The van der Waals surface area contributed by atoms with E-state index in [1.165, 1.54) is 11.3 Å². The van der Waals surface area contributed by atoms with Gasteiger partial charge in [-0.2, -0.15) is 0 Å². The average molecular weight is 310 g/mol. The summed E-state index contributed by atoms with van der Waals surface area (Å²) in [5.74, 6) is 0.535. The number of thiophene rings is 1. The molecule has 1 rings (SSSR count). The van der Waals surface area contributed by atoms with E-state index < -0.39 is 10.0 Å². The highest BCUT2D eigenvalue weighted by Gasteiger charge is 2.22. The van der Waals surface area contributed by atoms with Crippen molar-refractivity contribution < 1.29 is 8.42 Å². The zero-order valence-corrected chi connectivity index (χ0v) is 13.4. The monoisotopic (exact) mass is 309 g/mol. The van der Waals surface area contributed by atoms with E-state index in [1.54, 1.807) is 6.07 Å². The topological polar surface area (TPSA) is 46.2 Å². The van der Waals surface area contributed by atoms with E-state index >= 15 is 0 Å². The molecule has 0 amide bonds. The third-order valence-corrected chi connectivity index (χ3v) is 6.07. The summed E-state index contributed by atoms with van der Waals surface area (Å²) >= 11 is 7.03. The van der Waals surface area contributed by atoms with E-state index in [9.17, 15) is 8.42 Å². The SMILES string of the molecule is CCc1ccc(S(=O)(=O)NCC(C)(C)CCCl)s1. The number of rotatable bonds is 7. The first-order valence-corrected chi connectivity index (χ1v) is 8.78. The Kier molecular flexibility index (Phi) is 5.65. The third kappa shape index (κ3) is 4.53. The average Bonchev–Trinajstić information content (AvgIpc) is 2.76. The van der Waals surface area contributed by atoms with Gasteiger partial charge in [0.2, 0.25) is 10.0 Å². The van der Waals surface area contributed by atoms with Crippen LogP contribution < -0.4 is 4.72 Å². The van der Waals surface area contributed by atoms with E-state index in [2.05, 4.69) is 4.72 Å². The van der Waals surface area contributed by atoms with Crippen LogP contribution in [0.2, 0.25) is 0 Å². The van der Waals surface area contributed by atoms with Crippen LogP contribution in [-0.2, 0) is 16.4 Å². The van der Waals surface area contributed by atoms with E-state index in [-0.39, 0.29) is 5.41 Å². The van der Waals surface area contributed by atoms with Crippen molar-refractivity contribution in [2.45, 2.75) is 37.8 Å². The van der Waals surface area contributed by atoms with Crippen LogP contribution in [0, 0.1) is 5.41 Å². The zero-order chi connectivity index (χ0) is 13.8. The lowest BCUT2D eigenvalue weighted by Gasteiger charge is -2.23. The quantitative estimate of drug-likeness (QED) is 0.786. The molecule has 0 aliphatic heterocycles. The number of nitrogens with one attached hydrogen (secondary N) is 1. The molecule has 104 valence electrons. The molecule has 1 heterocycles. The van der Waals surface area contributed by atoms with Gasteiger partial charge in [-0.25, -0.2) is 13.1 Å². The predicted octanol–water partition coefficient (Wildman–Crippen LogP) is 3.24. The first-order chi connectivity index (χ1) is 8.30. The Morgan fingerprint density at radius 1 is 1.39 bits per heavy atom. The lowest BCUT2D eigenvalue weighted by molar-refractivity contribution is 0.352. The first kappa shape index (κ1) is 16.0. The highest BCUT2D eigenvalue weighted by Crippen LogP contribution is 2.24. The van der Waals surface area contributed by atoms with Crippen molar-refractivity contribution >= 4 is 33.0 Å². The summed E-state index contributed by atoms with van der Waals surface area (Å²) in [4.78, 5) is 1.08. The molecule has 3 nitrogen and oxygen atoms in total. The second kappa shape index (κ2) is 6.37. The maximum absolute atomic E-state index is 12.1. The number of sulfonamides is 1. The molecule has 1 N–H and O–H groups in total. The molecule has 0 atom stereocenters. The minimum absolute atomic E-state index is 0.125. The van der Waals surface area contributed by atoms with Crippen LogP contribution in [0.15, 0.2) is 16.3 Å². The number of alkyl halides is 1. The maximum atomic E-state index is 12.1. The van der Waals surface area contributed by atoms with Crippen molar-refractivity contribution in [1.29, 1.82) is 0 Å². The second-order valence-electron chi connectivity index (χ2n) is 5.00. The van der Waals surface area contributed by atoms with Gasteiger partial charge in [0.25, 0.3) is 0 Å². The molecular weight excluding hydrogens is 290 g/mol. The molecule has 1 aromatic heterocycles. The van der Waals surface area contributed by atoms with Gasteiger partial charge >= 0.3 is 0 Å². The highest BCUT2D eigenvalue weighted by atomic mass is 35.5. The molecule has 0 saturated carbocycles. The summed E-state index contributed by atoms with van der Waals surface area (Å²) in [6, 6.07) is 3.53. The fraction of sp³-hybridized carbons (Fsp3) is 0.667. The molecular formula is C12H20ClNO2S2. The van der Waals surface area contributed by atoms with E-state index in [4.69, 9.17) is 11.6 Å². The number of hydrogen-bond donors (Lipinski definition) is 1. The summed E-state index contributed by atoms with van der Waals surface area (Å²) in [5, 5.41) is 0. The smallest absolute Gasteiger partial charge is 0.210 e. The second-order valence-corrected chi connectivity index (χ2v) is 8.54. The summed E-state index contributed by atoms with van der Waals surface area (Å²) in [7, 11) is -3.38. The van der Waals surface area contributed by atoms with Gasteiger partial charge in [-0.1, -0.05) is 20.8 Å². The first-order valence-electron chi connectivity index (χ1n) is 5.95. The Morgan fingerprint density at radius 2 is 2.06 bits per heavy atom. The predicted molar refractivity (Wildman–Crippen MR) is 78.0 cm³/mol. The Labute approximate surface area is 119 Å². The molecule has 0 spiro atoms. The lowest BCUT2D eigenvalue weighted by atomic mass is 9.91. The van der Waals surface area contributed by atoms with Crippen molar-refractivity contribution in [2.75, 3.05) is 12.4 Å². The largest absolute Gasteiger partial charge is 0.250 e. The van der Waals surface area contributed by atoms with Gasteiger partial charge in [-0.05, 0) is 30.4 Å². The molecule has 0 fully saturated rings. The van der Waals surface area contributed by atoms with Crippen LogP contribution in [0.4, 0.5) is 0 Å². The zero-order valence-electron chi connectivity index (χ0n) is 11.0. The normalized spacial score (nSPS) is 12.9. The summed E-state index contributed by atoms with van der Waals surface area (Å²) in [6.45, 7) is 6.42. The Hall–Kier alpha value is -0.100. The molecule has 0 unspecified atom stereocenters. The molecule has 0 aliphatic carbocycles. The van der Waals surface area contributed by atoms with E-state index in [0.29, 0.717) is 16.6 Å². The van der Waals surface area contributed by atoms with Crippen molar-refractivity contribution in [3.8, 4) is 0 Å². The minimum Gasteiger partial charge on any atom is -0.210 e. The summed E-state index contributed by atoms with van der Waals surface area (Å²) < 4.78 is 27.2. The van der Waals surface area contributed by atoms with Gasteiger partial charge in [0.1, 0.15) is 4.21 Å². The molecule has 0 bridgehead atoms. The molecule has 6 heteroatoms. The van der Waals surface area contributed by atoms with Crippen LogP contribution in [-0.4, -0.2) is 20.8 Å². The maximum Gasteiger partial charge on any atom is 0.250 e. The van der Waals surface area contributed by atoms with Crippen LogP contribution >= 0.6 is 22.9 Å². The fourth-order valence-corrected chi connectivity index (χ4v) is 4.49. The lowest BCUT2D eigenvalue weighted by Crippen LogP contribution is -2.33. The molecule has 0 aromatic carbocycles. The molecule has 1 aromatic rings. The van der Waals surface area contributed by atoms with Crippen molar-refractivity contribution in [1.82, 2.24) is 4.72 Å². The van der Waals surface area contributed by atoms with Crippen LogP contribution in [0.1, 0.15) is 32.1 Å². The van der Waals surface area contributed by atoms with E-state index in [1.807, 2.05) is 26.8 Å². The van der Waals surface area contributed by atoms with E-state index in [0.717, 1.165) is 17.7 Å². The van der Waals surface area contributed by atoms with Crippen LogP contribution in [0.25, 0.3) is 0 Å². The molecule has 0 aliphatic rings. The molecule has 0 radical (unpaired) electrons. The van der Waals surface area contributed by atoms with Crippen molar-refractivity contribution in [2.24, 2.45) is 5.41 Å². The van der Waals surface area contributed by atoms with Gasteiger partial charge in [-0.3, -0.25) is 0 Å². The Balaban J connectivity index is 2.71.